The second-order valence-corrected chi connectivity index (χ2v) is 5.69. The quantitative estimate of drug-likeness (QED) is 0.894. The summed E-state index contributed by atoms with van der Waals surface area (Å²) in [5, 5.41) is 9.08. The van der Waals surface area contributed by atoms with E-state index in [0.717, 1.165) is 18.0 Å². The van der Waals surface area contributed by atoms with E-state index in [2.05, 4.69) is 16.8 Å². The van der Waals surface area contributed by atoms with Crippen molar-refractivity contribution in [1.82, 2.24) is 9.88 Å². The first-order valence-corrected chi connectivity index (χ1v) is 6.45. The summed E-state index contributed by atoms with van der Waals surface area (Å²) in [4.78, 5) is 7.46. The molecule has 0 spiro atoms. The molecule has 0 saturated carbocycles. The molecule has 1 N–H and O–H groups in total. The average Bonchev–Trinajstić information content (AvgIpc) is 2.67. The van der Waals surface area contributed by atoms with Crippen LogP contribution in [0.5, 0.6) is 0 Å². The van der Waals surface area contributed by atoms with Crippen LogP contribution in [0.15, 0.2) is 6.20 Å². The van der Waals surface area contributed by atoms with Crippen molar-refractivity contribution >= 4 is 22.9 Å². The van der Waals surface area contributed by atoms with E-state index in [9.17, 15) is 0 Å². The van der Waals surface area contributed by atoms with Crippen LogP contribution in [0.2, 0.25) is 4.47 Å². The van der Waals surface area contributed by atoms with E-state index < -0.39 is 0 Å². The fourth-order valence-electron chi connectivity index (χ4n) is 1.76. The highest BCUT2D eigenvalue weighted by molar-refractivity contribution is 7.15. The van der Waals surface area contributed by atoms with Crippen LogP contribution in [0.1, 0.15) is 11.8 Å². The Balaban J connectivity index is 1.96. The summed E-state index contributed by atoms with van der Waals surface area (Å²) in [6, 6.07) is 0.365. The molecule has 2 atom stereocenters. The smallest absolute Gasteiger partial charge is 0.183 e. The summed E-state index contributed by atoms with van der Waals surface area (Å²) in [6.45, 7) is 4.44. The molecule has 1 fully saturated rings. The Labute approximate surface area is 104 Å². The van der Waals surface area contributed by atoms with E-state index >= 15 is 0 Å². The summed E-state index contributed by atoms with van der Waals surface area (Å²) in [5.74, 6) is 0. The lowest BCUT2D eigenvalue weighted by molar-refractivity contribution is -0.0803. The Morgan fingerprint density at radius 1 is 1.75 bits per heavy atom. The first kappa shape index (κ1) is 12.3. The average molecular weight is 263 g/mol. The summed E-state index contributed by atoms with van der Waals surface area (Å²) >= 11 is 7.30. The lowest BCUT2D eigenvalue weighted by Gasteiger charge is -2.37. The molecule has 1 aliphatic heterocycles. The van der Waals surface area contributed by atoms with E-state index in [1.165, 1.54) is 11.3 Å². The minimum atomic E-state index is -0.0698. The van der Waals surface area contributed by atoms with Gasteiger partial charge in [-0.3, -0.25) is 4.90 Å². The molecule has 1 saturated heterocycles. The molecular formula is C10H15ClN2O2S. The van der Waals surface area contributed by atoms with Crippen LogP contribution in [0.3, 0.4) is 0 Å². The SMILES string of the molecule is CC1COC(CO)CN1Cc1cnc(Cl)s1. The van der Waals surface area contributed by atoms with Gasteiger partial charge in [-0.2, -0.15) is 0 Å². The number of aromatic nitrogens is 1. The highest BCUT2D eigenvalue weighted by Crippen LogP contribution is 2.22. The number of hydrogen-bond donors (Lipinski definition) is 1. The molecule has 1 aromatic heterocycles. The van der Waals surface area contributed by atoms with Crippen LogP contribution < -0.4 is 0 Å². The molecule has 6 heteroatoms. The molecule has 2 unspecified atom stereocenters. The van der Waals surface area contributed by atoms with Gasteiger partial charge in [0.25, 0.3) is 0 Å². The maximum atomic E-state index is 9.08. The van der Waals surface area contributed by atoms with Crippen LogP contribution >= 0.6 is 22.9 Å². The van der Waals surface area contributed by atoms with Gasteiger partial charge in [0, 0.05) is 30.2 Å². The number of morpholine rings is 1. The Kier molecular flexibility index (Phi) is 4.16. The molecule has 0 radical (unpaired) electrons. The van der Waals surface area contributed by atoms with E-state index in [0.29, 0.717) is 17.1 Å². The number of halogens is 1. The molecule has 0 aromatic carbocycles. The molecule has 1 aliphatic rings. The second kappa shape index (κ2) is 5.42. The maximum absolute atomic E-state index is 9.08. The molecular weight excluding hydrogens is 248 g/mol. The van der Waals surface area contributed by atoms with Crippen LogP contribution in [-0.4, -0.2) is 46.9 Å². The van der Waals surface area contributed by atoms with Gasteiger partial charge < -0.3 is 9.84 Å². The number of ether oxygens (including phenoxy) is 1. The summed E-state index contributed by atoms with van der Waals surface area (Å²) < 4.78 is 6.06. The standard InChI is InChI=1S/C10H15ClN2O2S/c1-7-6-15-8(5-14)3-13(7)4-9-2-12-10(11)16-9/h2,7-8,14H,3-6H2,1H3. The van der Waals surface area contributed by atoms with Crippen molar-refractivity contribution in [2.75, 3.05) is 19.8 Å². The summed E-state index contributed by atoms with van der Waals surface area (Å²) in [6.07, 6.45) is 1.74. The Morgan fingerprint density at radius 3 is 3.19 bits per heavy atom. The van der Waals surface area contributed by atoms with Crippen molar-refractivity contribution in [2.45, 2.75) is 25.6 Å². The van der Waals surface area contributed by atoms with E-state index in [-0.39, 0.29) is 12.7 Å². The van der Waals surface area contributed by atoms with Crippen LogP contribution in [0, 0.1) is 0 Å². The van der Waals surface area contributed by atoms with Crippen LogP contribution in [0.4, 0.5) is 0 Å². The van der Waals surface area contributed by atoms with Crippen molar-refractivity contribution in [1.29, 1.82) is 0 Å². The number of rotatable bonds is 3. The molecule has 2 heterocycles. The molecule has 0 bridgehead atoms. The monoisotopic (exact) mass is 262 g/mol. The minimum absolute atomic E-state index is 0.0698. The van der Waals surface area contributed by atoms with Crippen molar-refractivity contribution in [2.24, 2.45) is 0 Å². The van der Waals surface area contributed by atoms with Gasteiger partial charge in [0.1, 0.15) is 0 Å². The van der Waals surface area contributed by atoms with E-state index in [4.69, 9.17) is 21.4 Å². The highest BCUT2D eigenvalue weighted by atomic mass is 35.5. The largest absolute Gasteiger partial charge is 0.394 e. The lowest BCUT2D eigenvalue weighted by Crippen LogP contribution is -2.48. The van der Waals surface area contributed by atoms with Gasteiger partial charge in [-0.15, -0.1) is 11.3 Å². The lowest BCUT2D eigenvalue weighted by atomic mass is 10.2. The molecule has 4 nitrogen and oxygen atoms in total. The van der Waals surface area contributed by atoms with Gasteiger partial charge in [-0.1, -0.05) is 11.6 Å². The van der Waals surface area contributed by atoms with E-state index in [1.54, 1.807) is 0 Å². The van der Waals surface area contributed by atoms with Crippen molar-refractivity contribution in [3.63, 3.8) is 0 Å². The fraction of sp³-hybridized carbons (Fsp3) is 0.700. The van der Waals surface area contributed by atoms with Gasteiger partial charge in [-0.05, 0) is 6.92 Å². The number of aliphatic hydroxyl groups excluding tert-OH is 1. The predicted octanol–water partition coefficient (Wildman–Crippen LogP) is 1.38. The van der Waals surface area contributed by atoms with Crippen molar-refractivity contribution in [3.8, 4) is 0 Å². The third-order valence-electron chi connectivity index (χ3n) is 2.72. The fourth-order valence-corrected chi connectivity index (χ4v) is 2.77. The van der Waals surface area contributed by atoms with Gasteiger partial charge in [-0.25, -0.2) is 4.98 Å². The van der Waals surface area contributed by atoms with Crippen molar-refractivity contribution < 1.29 is 9.84 Å². The topological polar surface area (TPSA) is 45.6 Å². The summed E-state index contributed by atoms with van der Waals surface area (Å²) in [5.41, 5.74) is 0. The highest BCUT2D eigenvalue weighted by Gasteiger charge is 2.25. The zero-order valence-electron chi connectivity index (χ0n) is 9.10. The van der Waals surface area contributed by atoms with Gasteiger partial charge in [0.15, 0.2) is 4.47 Å². The Hall–Kier alpha value is -0.200. The molecule has 16 heavy (non-hydrogen) atoms. The van der Waals surface area contributed by atoms with Gasteiger partial charge in [0.05, 0.1) is 19.3 Å². The summed E-state index contributed by atoms with van der Waals surface area (Å²) in [7, 11) is 0. The number of nitrogens with zero attached hydrogens (tertiary/aromatic N) is 2. The molecule has 2 rings (SSSR count). The maximum Gasteiger partial charge on any atom is 0.183 e. The number of aliphatic hydroxyl groups is 1. The van der Waals surface area contributed by atoms with E-state index in [1.807, 2.05) is 6.20 Å². The first-order valence-electron chi connectivity index (χ1n) is 5.25. The molecule has 1 aromatic rings. The first-order chi connectivity index (χ1) is 7.69. The van der Waals surface area contributed by atoms with Gasteiger partial charge >= 0.3 is 0 Å². The molecule has 0 aliphatic carbocycles. The van der Waals surface area contributed by atoms with Crippen LogP contribution in [-0.2, 0) is 11.3 Å². The number of thiazole rings is 1. The minimum Gasteiger partial charge on any atom is -0.394 e. The Morgan fingerprint density at radius 2 is 2.56 bits per heavy atom. The van der Waals surface area contributed by atoms with Gasteiger partial charge in [0.2, 0.25) is 0 Å². The third kappa shape index (κ3) is 2.93. The predicted molar refractivity (Wildman–Crippen MR) is 63.8 cm³/mol. The van der Waals surface area contributed by atoms with Crippen LogP contribution in [0.25, 0.3) is 0 Å². The third-order valence-corrected chi connectivity index (χ3v) is 3.82. The number of hydrogen-bond acceptors (Lipinski definition) is 5. The second-order valence-electron chi connectivity index (χ2n) is 4.00. The van der Waals surface area contributed by atoms with Crippen molar-refractivity contribution in [3.05, 3.63) is 15.5 Å². The zero-order valence-corrected chi connectivity index (χ0v) is 10.7. The normalized spacial score (nSPS) is 27.2. The molecule has 90 valence electrons. The zero-order chi connectivity index (χ0) is 11.5. The Bertz CT molecular complexity index is 347. The molecule has 0 amide bonds.